The zero-order valence-electron chi connectivity index (χ0n) is 12.4. The Hall–Kier alpha value is -2.13. The third kappa shape index (κ3) is 3.92. The van der Waals surface area contributed by atoms with Gasteiger partial charge in [0.2, 0.25) is 0 Å². The molecule has 1 N–H and O–H groups in total. The van der Waals surface area contributed by atoms with Gasteiger partial charge in [-0.25, -0.2) is 0 Å². The van der Waals surface area contributed by atoms with E-state index in [4.69, 9.17) is 9.84 Å². The molecule has 3 nitrogen and oxygen atoms in total. The number of carbonyl (C=O) groups excluding carboxylic acids is 1. The van der Waals surface area contributed by atoms with Gasteiger partial charge in [0.25, 0.3) is 0 Å². The monoisotopic (exact) mass is 284 g/mol. The molecule has 0 fully saturated rings. The van der Waals surface area contributed by atoms with Crippen molar-refractivity contribution in [3.05, 3.63) is 64.7 Å². The molecule has 0 atom stereocenters. The number of ketones is 1. The predicted molar refractivity (Wildman–Crippen MR) is 83.0 cm³/mol. The minimum atomic E-state index is -0.0445. The van der Waals surface area contributed by atoms with Crippen LogP contribution < -0.4 is 4.74 Å². The van der Waals surface area contributed by atoms with Gasteiger partial charge < -0.3 is 9.84 Å². The first-order valence-electron chi connectivity index (χ1n) is 7.04. The smallest absolute Gasteiger partial charge is 0.200 e. The number of hydrogen-bond donors (Lipinski definition) is 1. The lowest BCUT2D eigenvalue weighted by atomic mass is 10.0. The SMILES string of the molecule is Cc1ccc(C(=O)COc2ccccc2CCO)cc1C. The van der Waals surface area contributed by atoms with E-state index in [2.05, 4.69) is 0 Å². The van der Waals surface area contributed by atoms with Crippen molar-refractivity contribution in [2.45, 2.75) is 20.3 Å². The average molecular weight is 284 g/mol. The molecule has 0 unspecified atom stereocenters. The Labute approximate surface area is 125 Å². The normalized spacial score (nSPS) is 10.4. The van der Waals surface area contributed by atoms with Crippen molar-refractivity contribution in [1.29, 1.82) is 0 Å². The number of aliphatic hydroxyl groups excluding tert-OH is 1. The Balaban J connectivity index is 2.05. The van der Waals surface area contributed by atoms with E-state index in [1.165, 1.54) is 5.56 Å². The largest absolute Gasteiger partial charge is 0.485 e. The number of para-hydroxylation sites is 1. The summed E-state index contributed by atoms with van der Waals surface area (Å²) in [5, 5.41) is 9.03. The predicted octanol–water partition coefficient (Wildman–Crippen LogP) is 3.10. The summed E-state index contributed by atoms with van der Waals surface area (Å²) in [7, 11) is 0. The Morgan fingerprint density at radius 2 is 1.86 bits per heavy atom. The number of benzene rings is 2. The summed E-state index contributed by atoms with van der Waals surface area (Å²) in [6.07, 6.45) is 0.522. The van der Waals surface area contributed by atoms with Crippen LogP contribution in [0.2, 0.25) is 0 Å². The summed E-state index contributed by atoms with van der Waals surface area (Å²) in [4.78, 5) is 12.2. The summed E-state index contributed by atoms with van der Waals surface area (Å²) in [6, 6.07) is 13.1. The number of Topliss-reactive ketones (excluding diaryl/α,β-unsaturated/α-hetero) is 1. The van der Waals surface area contributed by atoms with Gasteiger partial charge in [-0.15, -0.1) is 0 Å². The van der Waals surface area contributed by atoms with Crippen LogP contribution in [-0.4, -0.2) is 24.1 Å². The minimum Gasteiger partial charge on any atom is -0.485 e. The molecule has 2 rings (SSSR count). The van der Waals surface area contributed by atoms with Crippen LogP contribution in [0.25, 0.3) is 0 Å². The number of carbonyl (C=O) groups is 1. The van der Waals surface area contributed by atoms with Crippen molar-refractivity contribution < 1.29 is 14.6 Å². The highest BCUT2D eigenvalue weighted by atomic mass is 16.5. The Morgan fingerprint density at radius 1 is 1.10 bits per heavy atom. The highest BCUT2D eigenvalue weighted by Crippen LogP contribution is 2.19. The second kappa shape index (κ2) is 7.04. The number of hydrogen-bond acceptors (Lipinski definition) is 3. The van der Waals surface area contributed by atoms with Crippen LogP contribution in [0.4, 0.5) is 0 Å². The summed E-state index contributed by atoms with van der Waals surface area (Å²) in [6.45, 7) is 4.07. The van der Waals surface area contributed by atoms with Gasteiger partial charge in [0.05, 0.1) is 0 Å². The highest BCUT2D eigenvalue weighted by molar-refractivity contribution is 5.97. The Morgan fingerprint density at radius 3 is 2.57 bits per heavy atom. The maximum absolute atomic E-state index is 12.2. The second-order valence-corrected chi connectivity index (χ2v) is 5.09. The molecule has 0 aliphatic rings. The van der Waals surface area contributed by atoms with E-state index in [-0.39, 0.29) is 19.0 Å². The first kappa shape index (κ1) is 15.3. The molecule has 110 valence electrons. The van der Waals surface area contributed by atoms with E-state index in [9.17, 15) is 4.79 Å². The van der Waals surface area contributed by atoms with Gasteiger partial charge in [0.15, 0.2) is 12.4 Å². The molecule has 2 aromatic carbocycles. The Bertz CT molecular complexity index is 632. The molecule has 2 aromatic rings. The number of rotatable bonds is 6. The fourth-order valence-corrected chi connectivity index (χ4v) is 2.11. The minimum absolute atomic E-state index is 0.00490. The lowest BCUT2D eigenvalue weighted by Crippen LogP contribution is -2.13. The van der Waals surface area contributed by atoms with Gasteiger partial charge in [-0.3, -0.25) is 4.79 Å². The second-order valence-electron chi connectivity index (χ2n) is 5.09. The summed E-state index contributed by atoms with van der Waals surface area (Å²) in [5.41, 5.74) is 3.84. The van der Waals surface area contributed by atoms with Crippen LogP contribution in [0.3, 0.4) is 0 Å². The van der Waals surface area contributed by atoms with Crippen molar-refractivity contribution in [2.24, 2.45) is 0 Å². The van der Waals surface area contributed by atoms with E-state index >= 15 is 0 Å². The van der Waals surface area contributed by atoms with Gasteiger partial charge in [-0.1, -0.05) is 30.3 Å². The molecule has 0 bridgehead atoms. The van der Waals surface area contributed by atoms with Crippen molar-refractivity contribution in [3.63, 3.8) is 0 Å². The van der Waals surface area contributed by atoms with Crippen LogP contribution in [-0.2, 0) is 6.42 Å². The first-order valence-corrected chi connectivity index (χ1v) is 7.04. The summed E-state index contributed by atoms with van der Waals surface area (Å²) < 4.78 is 5.62. The van der Waals surface area contributed by atoms with Crippen LogP contribution in [0.1, 0.15) is 27.0 Å². The molecular weight excluding hydrogens is 264 g/mol. The van der Waals surface area contributed by atoms with Crippen molar-refractivity contribution >= 4 is 5.78 Å². The van der Waals surface area contributed by atoms with Crippen LogP contribution in [0.5, 0.6) is 5.75 Å². The molecular formula is C18H20O3. The number of aryl methyl sites for hydroxylation is 2. The van der Waals surface area contributed by atoms with Crippen molar-refractivity contribution in [2.75, 3.05) is 13.2 Å². The lowest BCUT2D eigenvalue weighted by Gasteiger charge is -2.10. The third-order valence-corrected chi connectivity index (χ3v) is 3.54. The van der Waals surface area contributed by atoms with E-state index < -0.39 is 0 Å². The number of ether oxygens (including phenoxy) is 1. The molecule has 0 aliphatic carbocycles. The Kier molecular flexibility index (Phi) is 5.12. The van der Waals surface area contributed by atoms with E-state index in [0.717, 1.165) is 11.1 Å². The van der Waals surface area contributed by atoms with Gasteiger partial charge in [-0.2, -0.15) is 0 Å². The molecule has 0 amide bonds. The van der Waals surface area contributed by atoms with E-state index in [1.54, 1.807) is 0 Å². The third-order valence-electron chi connectivity index (χ3n) is 3.54. The maximum atomic E-state index is 12.2. The molecule has 3 heteroatoms. The number of aliphatic hydroxyl groups is 1. The quantitative estimate of drug-likeness (QED) is 0.829. The summed E-state index contributed by atoms with van der Waals surface area (Å²) >= 11 is 0. The van der Waals surface area contributed by atoms with E-state index in [1.807, 2.05) is 56.3 Å². The maximum Gasteiger partial charge on any atom is 0.200 e. The molecule has 0 aliphatic heterocycles. The van der Waals surface area contributed by atoms with Crippen LogP contribution in [0.15, 0.2) is 42.5 Å². The molecule has 0 saturated heterocycles. The lowest BCUT2D eigenvalue weighted by molar-refractivity contribution is 0.0920. The summed E-state index contributed by atoms with van der Waals surface area (Å²) in [5.74, 6) is 0.612. The zero-order chi connectivity index (χ0) is 15.2. The van der Waals surface area contributed by atoms with E-state index in [0.29, 0.717) is 17.7 Å². The van der Waals surface area contributed by atoms with Crippen LogP contribution in [0, 0.1) is 13.8 Å². The highest BCUT2D eigenvalue weighted by Gasteiger charge is 2.09. The van der Waals surface area contributed by atoms with Crippen molar-refractivity contribution in [3.8, 4) is 5.75 Å². The molecule has 0 aromatic heterocycles. The molecule has 0 spiro atoms. The van der Waals surface area contributed by atoms with Gasteiger partial charge >= 0.3 is 0 Å². The van der Waals surface area contributed by atoms with Gasteiger partial charge in [-0.05, 0) is 49.1 Å². The topological polar surface area (TPSA) is 46.5 Å². The molecule has 0 radical (unpaired) electrons. The fourth-order valence-electron chi connectivity index (χ4n) is 2.11. The molecule has 21 heavy (non-hydrogen) atoms. The van der Waals surface area contributed by atoms with Gasteiger partial charge in [0.1, 0.15) is 5.75 Å². The standard InChI is InChI=1S/C18H20O3/c1-13-7-8-16(11-14(13)2)17(20)12-21-18-6-4-3-5-15(18)9-10-19/h3-8,11,19H,9-10,12H2,1-2H3. The molecule has 0 saturated carbocycles. The zero-order valence-corrected chi connectivity index (χ0v) is 12.4. The van der Waals surface area contributed by atoms with Gasteiger partial charge in [0, 0.05) is 12.2 Å². The van der Waals surface area contributed by atoms with Crippen molar-refractivity contribution in [1.82, 2.24) is 0 Å². The fraction of sp³-hybridized carbons (Fsp3) is 0.278. The van der Waals surface area contributed by atoms with Crippen LogP contribution >= 0.6 is 0 Å². The molecule has 0 heterocycles. The average Bonchev–Trinajstić information content (AvgIpc) is 2.49. The first-order chi connectivity index (χ1) is 10.1.